The molecular formula is C16H15ClN2O4S. The molecule has 2 aromatic carbocycles. The molecule has 6 nitrogen and oxygen atoms in total. The number of hydrogen-bond acceptors (Lipinski definition) is 4. The van der Waals surface area contributed by atoms with Crippen molar-refractivity contribution in [3.63, 3.8) is 0 Å². The van der Waals surface area contributed by atoms with Crippen LogP contribution in [-0.4, -0.2) is 31.4 Å². The second-order valence-corrected chi connectivity index (χ2v) is 8.09. The van der Waals surface area contributed by atoms with Crippen LogP contribution in [0.1, 0.15) is 5.56 Å². The molecule has 0 bridgehead atoms. The van der Waals surface area contributed by atoms with Gasteiger partial charge in [0.1, 0.15) is 0 Å². The molecule has 3 rings (SSSR count). The van der Waals surface area contributed by atoms with Gasteiger partial charge in [-0.25, -0.2) is 17.5 Å². The van der Waals surface area contributed by atoms with Crippen LogP contribution in [-0.2, 0) is 16.6 Å². The molecule has 3 aromatic rings. The van der Waals surface area contributed by atoms with E-state index in [1.807, 2.05) is 12.1 Å². The average Bonchev–Trinajstić information content (AvgIpc) is 2.84. The van der Waals surface area contributed by atoms with E-state index in [0.29, 0.717) is 17.1 Å². The lowest BCUT2D eigenvalue weighted by Gasteiger charge is -2.11. The highest BCUT2D eigenvalue weighted by Gasteiger charge is 2.19. The molecule has 1 heterocycles. The Labute approximate surface area is 143 Å². The van der Waals surface area contributed by atoms with Gasteiger partial charge in [-0.15, -0.1) is 0 Å². The van der Waals surface area contributed by atoms with Gasteiger partial charge in [-0.3, -0.25) is 4.57 Å². The Morgan fingerprint density at radius 1 is 1.12 bits per heavy atom. The van der Waals surface area contributed by atoms with Crippen LogP contribution >= 0.6 is 11.6 Å². The molecule has 0 spiro atoms. The van der Waals surface area contributed by atoms with Gasteiger partial charge in [0.2, 0.25) is 10.0 Å². The van der Waals surface area contributed by atoms with Crippen molar-refractivity contribution >= 4 is 32.7 Å². The van der Waals surface area contributed by atoms with E-state index >= 15 is 0 Å². The molecule has 24 heavy (non-hydrogen) atoms. The van der Waals surface area contributed by atoms with E-state index in [1.54, 1.807) is 18.2 Å². The second-order valence-electron chi connectivity index (χ2n) is 5.50. The summed E-state index contributed by atoms with van der Waals surface area (Å²) in [5.41, 5.74) is 1.65. The molecule has 0 radical (unpaired) electrons. The number of benzene rings is 2. The van der Waals surface area contributed by atoms with E-state index in [-0.39, 0.29) is 10.5 Å². The Kier molecular flexibility index (Phi) is 4.25. The molecule has 1 aromatic heterocycles. The third-order valence-electron chi connectivity index (χ3n) is 3.67. The van der Waals surface area contributed by atoms with Crippen molar-refractivity contribution in [1.29, 1.82) is 0 Å². The Morgan fingerprint density at radius 2 is 1.79 bits per heavy atom. The fourth-order valence-electron chi connectivity index (χ4n) is 2.34. The highest BCUT2D eigenvalue weighted by molar-refractivity contribution is 7.89. The third kappa shape index (κ3) is 2.98. The number of oxazole rings is 1. The van der Waals surface area contributed by atoms with E-state index in [9.17, 15) is 13.2 Å². The molecule has 0 unspecified atom stereocenters. The molecule has 0 aliphatic heterocycles. The van der Waals surface area contributed by atoms with Gasteiger partial charge in [0, 0.05) is 25.2 Å². The van der Waals surface area contributed by atoms with Crippen LogP contribution in [0.2, 0.25) is 5.02 Å². The van der Waals surface area contributed by atoms with Crippen molar-refractivity contribution in [2.45, 2.75) is 11.4 Å². The van der Waals surface area contributed by atoms with Crippen LogP contribution in [0.4, 0.5) is 0 Å². The smallest absolute Gasteiger partial charge is 0.408 e. The van der Waals surface area contributed by atoms with Crippen LogP contribution in [0.3, 0.4) is 0 Å². The van der Waals surface area contributed by atoms with Crippen molar-refractivity contribution < 1.29 is 12.8 Å². The van der Waals surface area contributed by atoms with Crippen LogP contribution in [0, 0.1) is 0 Å². The quantitative estimate of drug-likeness (QED) is 0.711. The van der Waals surface area contributed by atoms with E-state index < -0.39 is 15.8 Å². The van der Waals surface area contributed by atoms with E-state index in [0.717, 1.165) is 9.87 Å². The van der Waals surface area contributed by atoms with Crippen LogP contribution in [0.5, 0.6) is 0 Å². The number of halogens is 1. The first-order valence-corrected chi connectivity index (χ1v) is 8.91. The van der Waals surface area contributed by atoms with Gasteiger partial charge in [0.05, 0.1) is 17.0 Å². The van der Waals surface area contributed by atoms with Crippen molar-refractivity contribution in [1.82, 2.24) is 8.87 Å². The predicted molar refractivity (Wildman–Crippen MR) is 91.9 cm³/mol. The molecule has 0 saturated heterocycles. The zero-order valence-electron chi connectivity index (χ0n) is 13.1. The predicted octanol–water partition coefficient (Wildman–Crippen LogP) is 2.55. The van der Waals surface area contributed by atoms with Gasteiger partial charge in [0.15, 0.2) is 5.58 Å². The average molecular weight is 367 g/mol. The number of rotatable bonds is 4. The van der Waals surface area contributed by atoms with Gasteiger partial charge < -0.3 is 4.42 Å². The summed E-state index contributed by atoms with van der Waals surface area (Å²) in [6, 6.07) is 11.5. The summed E-state index contributed by atoms with van der Waals surface area (Å²) in [6.07, 6.45) is 0. The zero-order valence-corrected chi connectivity index (χ0v) is 14.6. The molecule has 0 N–H and O–H groups in total. The van der Waals surface area contributed by atoms with Crippen molar-refractivity contribution in [3.8, 4) is 0 Å². The number of fused-ring (bicyclic) bond motifs is 1. The first-order chi connectivity index (χ1) is 11.3. The highest BCUT2D eigenvalue weighted by atomic mass is 35.5. The first kappa shape index (κ1) is 16.8. The van der Waals surface area contributed by atoms with Gasteiger partial charge in [-0.05, 0) is 29.8 Å². The fourth-order valence-corrected chi connectivity index (χ4v) is 3.38. The lowest BCUT2D eigenvalue weighted by Crippen LogP contribution is -2.22. The molecule has 126 valence electrons. The minimum absolute atomic E-state index is 0.0763. The molecule has 0 fully saturated rings. The molecule has 0 saturated carbocycles. The maximum Gasteiger partial charge on any atom is 0.420 e. The molecule has 0 atom stereocenters. The maximum atomic E-state index is 12.2. The number of hydrogen-bond donors (Lipinski definition) is 0. The third-order valence-corrected chi connectivity index (χ3v) is 5.74. The summed E-state index contributed by atoms with van der Waals surface area (Å²) in [6.45, 7) is 0.308. The van der Waals surface area contributed by atoms with Gasteiger partial charge in [0.25, 0.3) is 0 Å². The first-order valence-electron chi connectivity index (χ1n) is 7.09. The summed E-state index contributed by atoms with van der Waals surface area (Å²) in [5, 5.41) is 0.613. The van der Waals surface area contributed by atoms with Crippen LogP contribution in [0.15, 0.2) is 56.6 Å². The second kappa shape index (κ2) is 6.08. The summed E-state index contributed by atoms with van der Waals surface area (Å²) in [4.78, 5) is 12.2. The standard InChI is InChI=1S/C16H15ClN2O4S/c1-18(2)24(21,22)13-7-8-14-15(9-13)23-16(20)19(14)10-11-3-5-12(17)6-4-11/h3-9H,10H2,1-2H3. The van der Waals surface area contributed by atoms with Gasteiger partial charge in [-0.2, -0.15) is 0 Å². The summed E-state index contributed by atoms with van der Waals surface area (Å²) in [7, 11) is -0.697. The molecule has 0 amide bonds. The fraction of sp³-hybridized carbons (Fsp3) is 0.188. The van der Waals surface area contributed by atoms with E-state index in [4.69, 9.17) is 16.0 Å². The van der Waals surface area contributed by atoms with Crippen molar-refractivity contribution in [2.75, 3.05) is 14.1 Å². The lowest BCUT2D eigenvalue weighted by molar-refractivity contribution is 0.513. The summed E-state index contributed by atoms with van der Waals surface area (Å²) < 4.78 is 32.1. The van der Waals surface area contributed by atoms with Crippen LogP contribution < -0.4 is 5.76 Å². The Bertz CT molecular complexity index is 1050. The summed E-state index contributed by atoms with van der Waals surface area (Å²) in [5.74, 6) is -0.542. The normalized spacial score (nSPS) is 12.2. The maximum absolute atomic E-state index is 12.2. The Hall–Kier alpha value is -2.09. The SMILES string of the molecule is CN(C)S(=O)(=O)c1ccc2c(c1)oc(=O)n2Cc1ccc(Cl)cc1. The summed E-state index contributed by atoms with van der Waals surface area (Å²) >= 11 is 5.86. The van der Waals surface area contributed by atoms with E-state index in [2.05, 4.69) is 0 Å². The molecule has 0 aliphatic rings. The number of sulfonamides is 1. The highest BCUT2D eigenvalue weighted by Crippen LogP contribution is 2.21. The number of aromatic nitrogens is 1. The van der Waals surface area contributed by atoms with Gasteiger partial charge in [-0.1, -0.05) is 23.7 Å². The van der Waals surface area contributed by atoms with Crippen LogP contribution in [0.25, 0.3) is 11.1 Å². The Morgan fingerprint density at radius 3 is 2.42 bits per heavy atom. The molecule has 8 heteroatoms. The molecule has 0 aliphatic carbocycles. The van der Waals surface area contributed by atoms with E-state index in [1.165, 1.54) is 30.8 Å². The minimum Gasteiger partial charge on any atom is -0.408 e. The van der Waals surface area contributed by atoms with Crippen molar-refractivity contribution in [3.05, 3.63) is 63.6 Å². The largest absolute Gasteiger partial charge is 0.420 e. The van der Waals surface area contributed by atoms with Gasteiger partial charge >= 0.3 is 5.76 Å². The number of nitrogens with zero attached hydrogens (tertiary/aromatic N) is 2. The molecular weight excluding hydrogens is 352 g/mol. The Balaban J connectivity index is 2.06. The minimum atomic E-state index is -3.59. The lowest BCUT2D eigenvalue weighted by atomic mass is 10.2. The zero-order chi connectivity index (χ0) is 17.5. The topological polar surface area (TPSA) is 72.5 Å². The monoisotopic (exact) mass is 366 g/mol. The van der Waals surface area contributed by atoms with Crippen molar-refractivity contribution in [2.24, 2.45) is 0 Å².